The molecule has 0 amide bonds. The Balaban J connectivity index is 2.48. The molecule has 0 aliphatic heterocycles. The van der Waals surface area contributed by atoms with Gasteiger partial charge in [0.25, 0.3) is 0 Å². The molecule has 1 unspecified atom stereocenters. The third-order valence-electron chi connectivity index (χ3n) is 2.50. The molecule has 98 valence electrons. The van der Waals surface area contributed by atoms with E-state index in [0.717, 1.165) is 6.42 Å². The second kappa shape index (κ2) is 7.64. The Morgan fingerprint density at radius 2 is 2.00 bits per heavy atom. The van der Waals surface area contributed by atoms with Crippen molar-refractivity contribution in [3.63, 3.8) is 0 Å². The molecule has 2 nitrogen and oxygen atoms in total. The number of rotatable bonds is 6. The van der Waals surface area contributed by atoms with Crippen LogP contribution < -0.4 is 0 Å². The minimum Gasteiger partial charge on any atom is -0.456 e. The Morgan fingerprint density at radius 1 is 1.33 bits per heavy atom. The molecule has 0 saturated heterocycles. The molecule has 0 aliphatic carbocycles. The lowest BCUT2D eigenvalue weighted by atomic mass is 10.1. The van der Waals surface area contributed by atoms with Crippen LogP contribution in [0.2, 0.25) is 0 Å². The summed E-state index contributed by atoms with van der Waals surface area (Å²) in [6.45, 7) is 3.33. The number of benzene rings is 1. The van der Waals surface area contributed by atoms with Crippen LogP contribution in [0.3, 0.4) is 0 Å². The van der Waals surface area contributed by atoms with Gasteiger partial charge in [0.05, 0.1) is 5.56 Å². The molecular formula is C15H19FO2. The zero-order chi connectivity index (χ0) is 13.4. The van der Waals surface area contributed by atoms with Crippen LogP contribution in [-0.2, 0) is 4.74 Å². The zero-order valence-electron chi connectivity index (χ0n) is 10.9. The number of hydrogen-bond donors (Lipinski definition) is 0. The van der Waals surface area contributed by atoms with Crippen LogP contribution in [0.1, 0.15) is 37.0 Å². The average molecular weight is 250 g/mol. The van der Waals surface area contributed by atoms with Crippen LogP contribution in [0.15, 0.2) is 42.0 Å². The number of allylic oxidation sites excluding steroid dienone is 2. The van der Waals surface area contributed by atoms with Gasteiger partial charge in [0.1, 0.15) is 12.8 Å². The standard InChI is InChI=1S/C15H19FO2/c1-12(2)7-6-10-14(11-16)18-15(17)13-8-4-3-5-9-13/h3-5,7-9,14H,6,10-11H2,1-2H3. The van der Waals surface area contributed by atoms with E-state index in [-0.39, 0.29) is 0 Å². The fourth-order valence-electron chi connectivity index (χ4n) is 1.52. The maximum atomic E-state index is 12.8. The summed E-state index contributed by atoms with van der Waals surface area (Å²) in [5.74, 6) is -0.463. The van der Waals surface area contributed by atoms with E-state index in [2.05, 4.69) is 0 Å². The van der Waals surface area contributed by atoms with Crippen LogP contribution >= 0.6 is 0 Å². The molecular weight excluding hydrogens is 231 g/mol. The van der Waals surface area contributed by atoms with Gasteiger partial charge in [-0.1, -0.05) is 29.8 Å². The van der Waals surface area contributed by atoms with Crippen LogP contribution in [-0.4, -0.2) is 18.7 Å². The predicted octanol–water partition coefficient (Wildman–Crippen LogP) is 3.93. The van der Waals surface area contributed by atoms with E-state index in [1.807, 2.05) is 26.0 Å². The van der Waals surface area contributed by atoms with Gasteiger partial charge in [-0.15, -0.1) is 0 Å². The molecule has 0 heterocycles. The molecule has 1 aromatic carbocycles. The van der Waals surface area contributed by atoms with Crippen molar-refractivity contribution in [3.8, 4) is 0 Å². The van der Waals surface area contributed by atoms with E-state index in [1.165, 1.54) is 5.57 Å². The van der Waals surface area contributed by atoms with Gasteiger partial charge in [0.15, 0.2) is 0 Å². The average Bonchev–Trinajstić information content (AvgIpc) is 2.38. The number of esters is 1. The van der Waals surface area contributed by atoms with Crippen molar-refractivity contribution in [2.45, 2.75) is 32.8 Å². The highest BCUT2D eigenvalue weighted by atomic mass is 19.1. The lowest BCUT2D eigenvalue weighted by molar-refractivity contribution is 0.0221. The molecule has 1 atom stereocenters. The summed E-state index contributed by atoms with van der Waals surface area (Å²) in [6, 6.07) is 8.65. The first-order chi connectivity index (χ1) is 8.63. The number of hydrogen-bond acceptors (Lipinski definition) is 2. The maximum Gasteiger partial charge on any atom is 0.338 e. The number of halogens is 1. The summed E-state index contributed by atoms with van der Waals surface area (Å²) in [5.41, 5.74) is 1.64. The Hall–Kier alpha value is -1.64. The van der Waals surface area contributed by atoms with Gasteiger partial charge in [-0.25, -0.2) is 9.18 Å². The van der Waals surface area contributed by atoms with Crippen LogP contribution in [0.5, 0.6) is 0 Å². The Morgan fingerprint density at radius 3 is 2.56 bits per heavy atom. The molecule has 0 aliphatic rings. The van der Waals surface area contributed by atoms with Crippen molar-refractivity contribution in [1.29, 1.82) is 0 Å². The highest BCUT2D eigenvalue weighted by Crippen LogP contribution is 2.10. The van der Waals surface area contributed by atoms with Gasteiger partial charge in [0.2, 0.25) is 0 Å². The summed E-state index contributed by atoms with van der Waals surface area (Å²) in [7, 11) is 0. The molecule has 0 N–H and O–H groups in total. The second-order valence-electron chi connectivity index (χ2n) is 4.41. The number of carbonyl (C=O) groups is 1. The SMILES string of the molecule is CC(C)=CCCC(CF)OC(=O)c1ccccc1. The highest BCUT2D eigenvalue weighted by Gasteiger charge is 2.14. The Bertz CT molecular complexity index is 394. The molecule has 18 heavy (non-hydrogen) atoms. The van der Waals surface area contributed by atoms with Crippen LogP contribution in [0.25, 0.3) is 0 Å². The summed E-state index contributed by atoms with van der Waals surface area (Å²) in [6.07, 6.45) is 2.59. The molecule has 3 heteroatoms. The Labute approximate surface area is 107 Å². The third-order valence-corrected chi connectivity index (χ3v) is 2.50. The van der Waals surface area contributed by atoms with Gasteiger partial charge >= 0.3 is 5.97 Å². The molecule has 0 bridgehead atoms. The van der Waals surface area contributed by atoms with E-state index >= 15 is 0 Å². The lowest BCUT2D eigenvalue weighted by Gasteiger charge is -2.13. The van der Waals surface area contributed by atoms with Crippen LogP contribution in [0.4, 0.5) is 4.39 Å². The van der Waals surface area contributed by atoms with Crippen molar-refractivity contribution in [1.82, 2.24) is 0 Å². The second-order valence-corrected chi connectivity index (χ2v) is 4.41. The van der Waals surface area contributed by atoms with Gasteiger partial charge in [0, 0.05) is 0 Å². The van der Waals surface area contributed by atoms with Gasteiger partial charge < -0.3 is 4.74 Å². The molecule has 0 aromatic heterocycles. The van der Waals surface area contributed by atoms with Crippen molar-refractivity contribution in [2.75, 3.05) is 6.67 Å². The van der Waals surface area contributed by atoms with E-state index in [1.54, 1.807) is 24.3 Å². The van der Waals surface area contributed by atoms with Crippen molar-refractivity contribution >= 4 is 5.97 Å². The lowest BCUT2D eigenvalue weighted by Crippen LogP contribution is -2.20. The van der Waals surface area contributed by atoms with Gasteiger partial charge in [-0.05, 0) is 38.8 Å². The first-order valence-corrected chi connectivity index (χ1v) is 6.09. The summed E-state index contributed by atoms with van der Waals surface area (Å²) in [4.78, 5) is 11.7. The number of carbonyl (C=O) groups excluding carboxylic acids is 1. The first kappa shape index (κ1) is 14.4. The smallest absolute Gasteiger partial charge is 0.338 e. The zero-order valence-corrected chi connectivity index (χ0v) is 10.9. The Kier molecular flexibility index (Phi) is 6.12. The summed E-state index contributed by atoms with van der Waals surface area (Å²) in [5, 5.41) is 0. The molecule has 1 rings (SSSR count). The van der Waals surface area contributed by atoms with Crippen molar-refractivity contribution in [3.05, 3.63) is 47.5 Å². The van der Waals surface area contributed by atoms with Crippen molar-refractivity contribution in [2.24, 2.45) is 0 Å². The van der Waals surface area contributed by atoms with E-state index < -0.39 is 18.7 Å². The van der Waals surface area contributed by atoms with Gasteiger partial charge in [-0.2, -0.15) is 0 Å². The molecule has 0 fully saturated rings. The fourth-order valence-corrected chi connectivity index (χ4v) is 1.52. The maximum absolute atomic E-state index is 12.8. The normalized spacial score (nSPS) is 11.7. The molecule has 0 radical (unpaired) electrons. The quantitative estimate of drug-likeness (QED) is 0.565. The van der Waals surface area contributed by atoms with E-state index in [4.69, 9.17) is 4.74 Å². The first-order valence-electron chi connectivity index (χ1n) is 6.09. The van der Waals surface area contributed by atoms with E-state index in [9.17, 15) is 9.18 Å². The summed E-state index contributed by atoms with van der Waals surface area (Å²) >= 11 is 0. The largest absolute Gasteiger partial charge is 0.456 e. The molecule has 0 saturated carbocycles. The molecule has 1 aromatic rings. The fraction of sp³-hybridized carbons (Fsp3) is 0.400. The number of alkyl halides is 1. The topological polar surface area (TPSA) is 26.3 Å². The molecule has 0 spiro atoms. The van der Waals surface area contributed by atoms with Gasteiger partial charge in [-0.3, -0.25) is 0 Å². The minimum absolute atomic E-state index is 0.457. The van der Waals surface area contributed by atoms with E-state index in [0.29, 0.717) is 12.0 Å². The number of ether oxygens (including phenoxy) is 1. The summed E-state index contributed by atoms with van der Waals surface area (Å²) < 4.78 is 17.9. The minimum atomic E-state index is -0.659. The predicted molar refractivity (Wildman–Crippen MR) is 70.3 cm³/mol. The van der Waals surface area contributed by atoms with Crippen LogP contribution in [0, 0.1) is 0 Å². The monoisotopic (exact) mass is 250 g/mol. The van der Waals surface area contributed by atoms with Crippen molar-refractivity contribution < 1.29 is 13.9 Å². The third kappa shape index (κ3) is 5.13. The highest BCUT2D eigenvalue weighted by molar-refractivity contribution is 5.89.